The van der Waals surface area contributed by atoms with Gasteiger partial charge >= 0.3 is 0 Å². The second-order valence-electron chi connectivity index (χ2n) is 3.98. The second-order valence-corrected chi connectivity index (χ2v) is 4.79. The number of amides is 1. The van der Waals surface area contributed by atoms with Crippen LogP contribution >= 0.6 is 23.2 Å². The Morgan fingerprint density at radius 1 is 1.16 bits per heavy atom. The highest BCUT2D eigenvalue weighted by molar-refractivity contribution is 6.42. The van der Waals surface area contributed by atoms with E-state index in [2.05, 4.69) is 15.5 Å². The quantitative estimate of drug-likeness (QED) is 0.947. The molecule has 2 aromatic rings. The lowest BCUT2D eigenvalue weighted by molar-refractivity contribution is 0.0950. The number of nitrogens with zero attached hydrogens (tertiary/aromatic N) is 2. The van der Waals surface area contributed by atoms with Gasteiger partial charge in [-0.05, 0) is 37.3 Å². The minimum atomic E-state index is -0.235. The van der Waals surface area contributed by atoms with Gasteiger partial charge in [0.25, 0.3) is 5.91 Å². The molecule has 0 unspecified atom stereocenters. The van der Waals surface area contributed by atoms with Crippen molar-refractivity contribution in [1.29, 1.82) is 0 Å². The van der Waals surface area contributed by atoms with E-state index in [4.69, 9.17) is 23.2 Å². The largest absolute Gasteiger partial charge is 0.346 e. The van der Waals surface area contributed by atoms with Crippen LogP contribution in [0.3, 0.4) is 0 Å². The molecule has 0 fully saturated rings. The Morgan fingerprint density at radius 3 is 2.58 bits per heavy atom. The normalized spacial score (nSPS) is 10.3. The molecule has 2 rings (SSSR count). The highest BCUT2D eigenvalue weighted by Gasteiger charge is 2.08. The highest BCUT2D eigenvalue weighted by Crippen LogP contribution is 2.22. The van der Waals surface area contributed by atoms with E-state index < -0.39 is 0 Å². The highest BCUT2D eigenvalue weighted by atomic mass is 35.5. The fourth-order valence-electron chi connectivity index (χ4n) is 1.43. The zero-order valence-electron chi connectivity index (χ0n) is 10.2. The van der Waals surface area contributed by atoms with Gasteiger partial charge in [-0.3, -0.25) is 4.79 Å². The molecule has 0 spiro atoms. The van der Waals surface area contributed by atoms with Crippen LogP contribution in [0.2, 0.25) is 10.0 Å². The van der Waals surface area contributed by atoms with E-state index in [1.807, 2.05) is 19.1 Å². The molecule has 0 aliphatic heterocycles. The third-order valence-electron chi connectivity index (χ3n) is 2.46. The van der Waals surface area contributed by atoms with E-state index in [-0.39, 0.29) is 5.91 Å². The number of carbonyl (C=O) groups is 1. The van der Waals surface area contributed by atoms with Crippen LogP contribution in [0.5, 0.6) is 0 Å². The zero-order valence-corrected chi connectivity index (χ0v) is 11.7. The Bertz CT molecular complexity index is 599. The lowest BCUT2D eigenvalue weighted by atomic mass is 10.2. The maximum atomic E-state index is 11.9. The summed E-state index contributed by atoms with van der Waals surface area (Å²) < 4.78 is 0. The molecule has 1 heterocycles. The number of carbonyl (C=O) groups excluding carboxylic acids is 1. The predicted octanol–water partition coefficient (Wildman–Crippen LogP) is 3.02. The summed E-state index contributed by atoms with van der Waals surface area (Å²) in [6, 6.07) is 8.39. The summed E-state index contributed by atoms with van der Waals surface area (Å²) in [5.74, 6) is -0.235. The molecule has 1 amide bonds. The summed E-state index contributed by atoms with van der Waals surface area (Å²) in [4.78, 5) is 11.9. The van der Waals surface area contributed by atoms with Crippen molar-refractivity contribution < 1.29 is 4.79 Å². The van der Waals surface area contributed by atoms with Gasteiger partial charge in [0.1, 0.15) is 0 Å². The molecule has 0 saturated carbocycles. The molecule has 6 heteroatoms. The molecule has 0 bridgehead atoms. The van der Waals surface area contributed by atoms with E-state index in [0.29, 0.717) is 27.8 Å². The number of halogens is 2. The number of benzene rings is 1. The van der Waals surface area contributed by atoms with E-state index in [1.54, 1.807) is 12.1 Å². The molecular formula is C13H11Cl2N3O. The van der Waals surface area contributed by atoms with Crippen molar-refractivity contribution in [2.45, 2.75) is 13.5 Å². The van der Waals surface area contributed by atoms with Crippen molar-refractivity contribution in [2.75, 3.05) is 0 Å². The minimum absolute atomic E-state index is 0.235. The molecule has 0 saturated heterocycles. The first-order chi connectivity index (χ1) is 9.06. The molecule has 98 valence electrons. The summed E-state index contributed by atoms with van der Waals surface area (Å²) in [7, 11) is 0. The van der Waals surface area contributed by atoms with Crippen molar-refractivity contribution >= 4 is 29.1 Å². The number of hydrogen-bond donors (Lipinski definition) is 1. The third-order valence-corrected chi connectivity index (χ3v) is 3.20. The standard InChI is InChI=1S/C13H11Cl2N3O/c1-8-2-4-10(18-17-8)7-16-13(19)9-3-5-11(14)12(15)6-9/h2-6H,7H2,1H3,(H,16,19). The zero-order chi connectivity index (χ0) is 13.8. The van der Waals surface area contributed by atoms with Crippen LogP contribution in [-0.2, 0) is 6.54 Å². The van der Waals surface area contributed by atoms with Gasteiger partial charge < -0.3 is 5.32 Å². The Morgan fingerprint density at radius 2 is 1.95 bits per heavy atom. The maximum Gasteiger partial charge on any atom is 0.251 e. The number of aromatic nitrogens is 2. The summed E-state index contributed by atoms with van der Waals surface area (Å²) in [6.07, 6.45) is 0. The van der Waals surface area contributed by atoms with Gasteiger partial charge in [-0.1, -0.05) is 23.2 Å². The molecule has 1 aromatic heterocycles. The van der Waals surface area contributed by atoms with Crippen LogP contribution in [0.15, 0.2) is 30.3 Å². The number of hydrogen-bond acceptors (Lipinski definition) is 3. The van der Waals surface area contributed by atoms with Crippen LogP contribution in [0.4, 0.5) is 0 Å². The fourth-order valence-corrected chi connectivity index (χ4v) is 1.73. The number of aryl methyl sites for hydroxylation is 1. The van der Waals surface area contributed by atoms with Crippen LogP contribution in [0.1, 0.15) is 21.7 Å². The molecule has 0 radical (unpaired) electrons. The van der Waals surface area contributed by atoms with Crippen molar-refractivity contribution in [3.05, 3.63) is 57.3 Å². The first kappa shape index (κ1) is 13.8. The summed E-state index contributed by atoms with van der Waals surface area (Å²) in [6.45, 7) is 2.16. The summed E-state index contributed by atoms with van der Waals surface area (Å²) >= 11 is 11.6. The van der Waals surface area contributed by atoms with E-state index >= 15 is 0 Å². The van der Waals surface area contributed by atoms with Gasteiger partial charge in [0.05, 0.1) is 28.0 Å². The molecule has 0 atom stereocenters. The molecule has 4 nitrogen and oxygen atoms in total. The predicted molar refractivity (Wildman–Crippen MR) is 74.4 cm³/mol. The Kier molecular flexibility index (Phi) is 4.35. The third kappa shape index (κ3) is 3.66. The molecule has 0 aliphatic rings. The fraction of sp³-hybridized carbons (Fsp3) is 0.154. The second kappa shape index (κ2) is 5.99. The smallest absolute Gasteiger partial charge is 0.251 e. The number of nitrogens with one attached hydrogen (secondary N) is 1. The molecule has 1 aromatic carbocycles. The average molecular weight is 296 g/mol. The van der Waals surface area contributed by atoms with Gasteiger partial charge in [-0.25, -0.2) is 0 Å². The van der Waals surface area contributed by atoms with Gasteiger partial charge in [0, 0.05) is 5.56 Å². The lowest BCUT2D eigenvalue weighted by Gasteiger charge is -2.05. The monoisotopic (exact) mass is 295 g/mol. The Balaban J connectivity index is 2.01. The van der Waals surface area contributed by atoms with Crippen LogP contribution in [0, 0.1) is 6.92 Å². The van der Waals surface area contributed by atoms with E-state index in [0.717, 1.165) is 5.69 Å². The summed E-state index contributed by atoms with van der Waals surface area (Å²) in [5.41, 5.74) is 1.98. The minimum Gasteiger partial charge on any atom is -0.346 e. The van der Waals surface area contributed by atoms with Crippen molar-refractivity contribution in [1.82, 2.24) is 15.5 Å². The maximum absolute atomic E-state index is 11.9. The van der Waals surface area contributed by atoms with Crippen molar-refractivity contribution in [2.24, 2.45) is 0 Å². The van der Waals surface area contributed by atoms with Gasteiger partial charge in [-0.15, -0.1) is 0 Å². The van der Waals surface area contributed by atoms with Crippen LogP contribution in [0.25, 0.3) is 0 Å². The van der Waals surface area contributed by atoms with Crippen molar-refractivity contribution in [3.8, 4) is 0 Å². The molecule has 19 heavy (non-hydrogen) atoms. The van der Waals surface area contributed by atoms with Crippen LogP contribution < -0.4 is 5.32 Å². The topological polar surface area (TPSA) is 54.9 Å². The van der Waals surface area contributed by atoms with Crippen LogP contribution in [-0.4, -0.2) is 16.1 Å². The first-order valence-electron chi connectivity index (χ1n) is 5.59. The average Bonchev–Trinajstić information content (AvgIpc) is 2.41. The first-order valence-corrected chi connectivity index (χ1v) is 6.34. The van der Waals surface area contributed by atoms with Gasteiger partial charge in [0.2, 0.25) is 0 Å². The van der Waals surface area contributed by atoms with E-state index in [1.165, 1.54) is 6.07 Å². The molecular weight excluding hydrogens is 285 g/mol. The SMILES string of the molecule is Cc1ccc(CNC(=O)c2ccc(Cl)c(Cl)c2)nn1. The van der Waals surface area contributed by atoms with E-state index in [9.17, 15) is 4.79 Å². The molecule has 1 N–H and O–H groups in total. The van der Waals surface area contributed by atoms with Gasteiger partial charge in [0.15, 0.2) is 0 Å². The Hall–Kier alpha value is -1.65. The summed E-state index contributed by atoms with van der Waals surface area (Å²) in [5, 5.41) is 11.4. The van der Waals surface area contributed by atoms with Gasteiger partial charge in [-0.2, -0.15) is 10.2 Å². The number of rotatable bonds is 3. The Labute approximate surface area is 120 Å². The molecule has 0 aliphatic carbocycles. The lowest BCUT2D eigenvalue weighted by Crippen LogP contribution is -2.23. The van der Waals surface area contributed by atoms with Crippen molar-refractivity contribution in [3.63, 3.8) is 0 Å².